The third-order valence-corrected chi connectivity index (χ3v) is 4.39. The summed E-state index contributed by atoms with van der Waals surface area (Å²) < 4.78 is 0. The van der Waals surface area contributed by atoms with Crippen molar-refractivity contribution in [1.82, 2.24) is 0 Å². The summed E-state index contributed by atoms with van der Waals surface area (Å²) in [5, 5.41) is 9.37. The summed E-state index contributed by atoms with van der Waals surface area (Å²) in [6.07, 6.45) is 3.45. The van der Waals surface area contributed by atoms with Crippen molar-refractivity contribution in [1.29, 1.82) is 0 Å². The van der Waals surface area contributed by atoms with Gasteiger partial charge in [0.2, 0.25) is 0 Å². The molecule has 4 atom stereocenters. The fraction of sp³-hybridized carbons (Fsp3) is 0.500. The van der Waals surface area contributed by atoms with Gasteiger partial charge in [0.15, 0.2) is 0 Å². The molecule has 0 amide bonds. The van der Waals surface area contributed by atoms with E-state index in [1.54, 1.807) is 0 Å². The Kier molecular flexibility index (Phi) is 2.23. The number of benzene rings is 1. The lowest BCUT2D eigenvalue weighted by molar-refractivity contribution is -0.144. The minimum absolute atomic E-state index is 0.138. The number of carbonyl (C=O) groups is 1. The molecular weight excluding hydrogens is 200 g/mol. The summed E-state index contributed by atoms with van der Waals surface area (Å²) >= 11 is 0. The normalized spacial score (nSPS) is 36.5. The highest BCUT2D eigenvalue weighted by Crippen LogP contribution is 2.56. The molecule has 2 aliphatic carbocycles. The van der Waals surface area contributed by atoms with Gasteiger partial charge in [-0.05, 0) is 36.7 Å². The van der Waals surface area contributed by atoms with Gasteiger partial charge in [-0.1, -0.05) is 30.3 Å². The van der Waals surface area contributed by atoms with Gasteiger partial charge in [-0.15, -0.1) is 0 Å². The molecule has 1 N–H and O–H groups in total. The number of carboxylic acids is 1. The van der Waals surface area contributed by atoms with Crippen LogP contribution in [0.4, 0.5) is 0 Å². The monoisotopic (exact) mass is 216 g/mol. The van der Waals surface area contributed by atoms with Crippen LogP contribution in [0.1, 0.15) is 30.7 Å². The average Bonchev–Trinajstić information content (AvgIpc) is 2.89. The molecule has 1 aromatic carbocycles. The summed E-state index contributed by atoms with van der Waals surface area (Å²) in [5.41, 5.74) is 1.22. The lowest BCUT2D eigenvalue weighted by Gasteiger charge is -2.28. The first kappa shape index (κ1) is 9.88. The second-order valence-corrected chi connectivity index (χ2v) is 5.13. The minimum Gasteiger partial charge on any atom is -0.481 e. The van der Waals surface area contributed by atoms with E-state index in [1.165, 1.54) is 12.0 Å². The van der Waals surface area contributed by atoms with Gasteiger partial charge < -0.3 is 5.11 Å². The highest BCUT2D eigenvalue weighted by Gasteiger charge is 2.51. The summed E-state index contributed by atoms with van der Waals surface area (Å²) in [6, 6.07) is 10.2. The quantitative estimate of drug-likeness (QED) is 0.825. The van der Waals surface area contributed by atoms with Gasteiger partial charge in [-0.3, -0.25) is 4.79 Å². The SMILES string of the molecule is O=C(O)[C@H]1[C@H]2CC[C@@H](C2)[C@@H]1c1ccccc1. The van der Waals surface area contributed by atoms with E-state index in [9.17, 15) is 9.90 Å². The standard InChI is InChI=1S/C14H16O2/c15-14(16)13-11-7-6-10(8-11)12(13)9-4-2-1-3-5-9/h1-5,10-13H,6-8H2,(H,15,16)/t10-,11-,12-,13-/m0/s1. The number of hydrogen-bond acceptors (Lipinski definition) is 1. The van der Waals surface area contributed by atoms with E-state index in [2.05, 4.69) is 12.1 Å². The molecular formula is C14H16O2. The van der Waals surface area contributed by atoms with Crippen LogP contribution >= 0.6 is 0 Å². The summed E-state index contributed by atoms with van der Waals surface area (Å²) in [7, 11) is 0. The fourth-order valence-corrected chi connectivity index (χ4v) is 3.80. The second kappa shape index (κ2) is 3.62. The van der Waals surface area contributed by atoms with E-state index < -0.39 is 5.97 Å². The molecule has 2 fully saturated rings. The van der Waals surface area contributed by atoms with Gasteiger partial charge in [0.1, 0.15) is 0 Å². The molecule has 0 aliphatic heterocycles. The lowest BCUT2D eigenvalue weighted by Crippen LogP contribution is -2.27. The topological polar surface area (TPSA) is 37.3 Å². The molecule has 2 nitrogen and oxygen atoms in total. The van der Waals surface area contributed by atoms with Crippen molar-refractivity contribution >= 4 is 5.97 Å². The molecule has 0 aromatic heterocycles. The number of aliphatic carboxylic acids is 1. The zero-order valence-electron chi connectivity index (χ0n) is 9.17. The lowest BCUT2D eigenvalue weighted by atomic mass is 9.75. The Labute approximate surface area is 95.3 Å². The Morgan fingerprint density at radius 3 is 2.50 bits per heavy atom. The van der Waals surface area contributed by atoms with Crippen molar-refractivity contribution in [3.05, 3.63) is 35.9 Å². The molecule has 2 saturated carbocycles. The van der Waals surface area contributed by atoms with Crippen LogP contribution in [0.3, 0.4) is 0 Å². The molecule has 2 heteroatoms. The van der Waals surface area contributed by atoms with Crippen LogP contribution in [-0.2, 0) is 4.79 Å². The van der Waals surface area contributed by atoms with E-state index in [1.807, 2.05) is 18.2 Å². The fourth-order valence-electron chi connectivity index (χ4n) is 3.80. The van der Waals surface area contributed by atoms with Crippen molar-refractivity contribution in [3.63, 3.8) is 0 Å². The van der Waals surface area contributed by atoms with Crippen LogP contribution in [0, 0.1) is 17.8 Å². The van der Waals surface area contributed by atoms with Crippen molar-refractivity contribution in [3.8, 4) is 0 Å². The van der Waals surface area contributed by atoms with E-state index >= 15 is 0 Å². The van der Waals surface area contributed by atoms with Crippen molar-refractivity contribution in [2.24, 2.45) is 17.8 Å². The van der Waals surface area contributed by atoms with Crippen molar-refractivity contribution in [2.45, 2.75) is 25.2 Å². The van der Waals surface area contributed by atoms with Gasteiger partial charge in [-0.2, -0.15) is 0 Å². The summed E-state index contributed by atoms with van der Waals surface area (Å²) in [4.78, 5) is 11.4. The summed E-state index contributed by atoms with van der Waals surface area (Å²) in [6.45, 7) is 0. The average molecular weight is 216 g/mol. The van der Waals surface area contributed by atoms with Crippen LogP contribution in [0.5, 0.6) is 0 Å². The maximum atomic E-state index is 11.4. The highest BCUT2D eigenvalue weighted by molar-refractivity contribution is 5.72. The number of rotatable bonds is 2. The molecule has 2 bridgehead atoms. The predicted molar refractivity (Wildman–Crippen MR) is 61.1 cm³/mol. The zero-order chi connectivity index (χ0) is 11.1. The van der Waals surface area contributed by atoms with Crippen LogP contribution in [0.15, 0.2) is 30.3 Å². The van der Waals surface area contributed by atoms with Crippen molar-refractivity contribution < 1.29 is 9.90 Å². The van der Waals surface area contributed by atoms with Crippen LogP contribution in [0.25, 0.3) is 0 Å². The Hall–Kier alpha value is -1.31. The number of fused-ring (bicyclic) bond motifs is 2. The van der Waals surface area contributed by atoms with Gasteiger partial charge in [0, 0.05) is 5.92 Å². The zero-order valence-corrected chi connectivity index (χ0v) is 9.17. The maximum Gasteiger partial charge on any atom is 0.307 e. The molecule has 3 rings (SSSR count). The molecule has 0 heterocycles. The Morgan fingerprint density at radius 2 is 1.81 bits per heavy atom. The Morgan fingerprint density at radius 1 is 1.12 bits per heavy atom. The van der Waals surface area contributed by atoms with E-state index in [0.29, 0.717) is 11.8 Å². The Bertz CT molecular complexity index is 398. The molecule has 0 unspecified atom stereocenters. The summed E-state index contributed by atoms with van der Waals surface area (Å²) in [5.74, 6) is 0.556. The molecule has 16 heavy (non-hydrogen) atoms. The van der Waals surface area contributed by atoms with Gasteiger partial charge in [0.05, 0.1) is 5.92 Å². The third-order valence-electron chi connectivity index (χ3n) is 4.39. The number of hydrogen-bond donors (Lipinski definition) is 1. The number of carboxylic acid groups (broad SMARTS) is 1. The largest absolute Gasteiger partial charge is 0.481 e. The molecule has 0 radical (unpaired) electrons. The molecule has 1 aromatic rings. The molecule has 2 aliphatic rings. The van der Waals surface area contributed by atoms with Gasteiger partial charge in [0.25, 0.3) is 0 Å². The maximum absolute atomic E-state index is 11.4. The second-order valence-electron chi connectivity index (χ2n) is 5.13. The first-order valence-corrected chi connectivity index (χ1v) is 6.05. The van der Waals surface area contributed by atoms with Gasteiger partial charge in [-0.25, -0.2) is 0 Å². The van der Waals surface area contributed by atoms with E-state index in [-0.39, 0.29) is 11.8 Å². The van der Waals surface area contributed by atoms with Crippen molar-refractivity contribution in [2.75, 3.05) is 0 Å². The first-order valence-electron chi connectivity index (χ1n) is 6.05. The van der Waals surface area contributed by atoms with E-state index in [4.69, 9.17) is 0 Å². The highest BCUT2D eigenvalue weighted by atomic mass is 16.4. The van der Waals surface area contributed by atoms with Gasteiger partial charge >= 0.3 is 5.97 Å². The van der Waals surface area contributed by atoms with E-state index in [0.717, 1.165) is 12.8 Å². The molecule has 0 spiro atoms. The smallest absolute Gasteiger partial charge is 0.307 e. The van der Waals surface area contributed by atoms with Crippen LogP contribution < -0.4 is 0 Å². The van der Waals surface area contributed by atoms with Crippen LogP contribution in [0.2, 0.25) is 0 Å². The third kappa shape index (κ3) is 1.36. The molecule has 0 saturated heterocycles. The van der Waals surface area contributed by atoms with Crippen LogP contribution in [-0.4, -0.2) is 11.1 Å². The predicted octanol–water partition coefficient (Wildman–Crippen LogP) is 2.90. The Balaban J connectivity index is 1.97. The minimum atomic E-state index is -0.596. The molecule has 84 valence electrons. The first-order chi connectivity index (χ1) is 7.77.